The molecule has 1 rings (SSSR count). The Balaban J connectivity index is 2.73. The van der Waals surface area contributed by atoms with Crippen molar-refractivity contribution in [1.82, 2.24) is 5.32 Å². The number of carbonyl (C=O) groups is 2. The zero-order valence-corrected chi connectivity index (χ0v) is 11.2. The summed E-state index contributed by atoms with van der Waals surface area (Å²) < 4.78 is 5.17. The van der Waals surface area contributed by atoms with E-state index < -0.39 is 23.0 Å². The molecule has 0 aromatic heterocycles. The van der Waals surface area contributed by atoms with Crippen molar-refractivity contribution < 1.29 is 19.4 Å². The van der Waals surface area contributed by atoms with E-state index in [2.05, 4.69) is 5.32 Å². The Morgan fingerprint density at radius 1 is 1.61 bits per heavy atom. The van der Waals surface area contributed by atoms with Crippen molar-refractivity contribution in [2.24, 2.45) is 11.1 Å². The number of ether oxygens (including phenoxy) is 1. The molecule has 1 fully saturated rings. The summed E-state index contributed by atoms with van der Waals surface area (Å²) in [5.74, 6) is -1.30. The van der Waals surface area contributed by atoms with Crippen LogP contribution in [0.15, 0.2) is 0 Å². The first-order valence-electron chi connectivity index (χ1n) is 6.15. The van der Waals surface area contributed by atoms with E-state index >= 15 is 0 Å². The summed E-state index contributed by atoms with van der Waals surface area (Å²) in [4.78, 5) is 23.3. The Labute approximate surface area is 107 Å². The van der Waals surface area contributed by atoms with Crippen molar-refractivity contribution in [3.05, 3.63) is 0 Å². The second-order valence-electron chi connectivity index (χ2n) is 5.43. The van der Waals surface area contributed by atoms with E-state index in [0.29, 0.717) is 6.42 Å². The van der Waals surface area contributed by atoms with Crippen LogP contribution < -0.4 is 11.1 Å². The van der Waals surface area contributed by atoms with Gasteiger partial charge in [-0.3, -0.25) is 9.59 Å². The van der Waals surface area contributed by atoms with E-state index in [1.165, 1.54) is 0 Å². The molecule has 6 nitrogen and oxygen atoms in total. The average Bonchev–Trinajstić information content (AvgIpc) is 2.61. The third kappa shape index (κ3) is 2.81. The fourth-order valence-corrected chi connectivity index (χ4v) is 2.04. The summed E-state index contributed by atoms with van der Waals surface area (Å²) in [5.41, 5.74) is 3.85. The number of rotatable bonds is 5. The molecule has 0 spiro atoms. The Bertz CT molecular complexity index is 343. The fraction of sp³-hybridized carbons (Fsp3) is 0.833. The van der Waals surface area contributed by atoms with Crippen molar-refractivity contribution >= 4 is 11.9 Å². The highest BCUT2D eigenvalue weighted by molar-refractivity contribution is 5.87. The minimum absolute atomic E-state index is 0.0995. The van der Waals surface area contributed by atoms with Crippen molar-refractivity contribution in [2.75, 3.05) is 13.2 Å². The highest BCUT2D eigenvalue weighted by Crippen LogP contribution is 2.29. The molecule has 1 amide bonds. The van der Waals surface area contributed by atoms with Crippen LogP contribution in [0.25, 0.3) is 0 Å². The number of nitrogens with one attached hydrogen (secondary N) is 1. The van der Waals surface area contributed by atoms with Crippen molar-refractivity contribution in [3.63, 3.8) is 0 Å². The summed E-state index contributed by atoms with van der Waals surface area (Å²) in [7, 11) is 0. The molecule has 18 heavy (non-hydrogen) atoms. The lowest BCUT2D eigenvalue weighted by Gasteiger charge is -2.30. The van der Waals surface area contributed by atoms with Gasteiger partial charge in [-0.25, -0.2) is 0 Å². The molecule has 0 radical (unpaired) electrons. The number of carboxylic acids is 1. The molecule has 1 saturated heterocycles. The minimum atomic E-state index is -1.09. The lowest BCUT2D eigenvalue weighted by molar-refractivity contribution is -0.149. The zero-order valence-electron chi connectivity index (χ0n) is 11.2. The van der Waals surface area contributed by atoms with Gasteiger partial charge in [0, 0.05) is 0 Å². The van der Waals surface area contributed by atoms with Crippen LogP contribution in [-0.4, -0.2) is 41.8 Å². The second-order valence-corrected chi connectivity index (χ2v) is 5.43. The normalized spacial score (nSPS) is 30.8. The summed E-state index contributed by atoms with van der Waals surface area (Å²) in [6.45, 7) is 5.47. The number of amides is 1. The maximum absolute atomic E-state index is 12.0. The molecule has 3 unspecified atom stereocenters. The predicted octanol–water partition coefficient (Wildman–Crippen LogP) is 0.110. The maximum atomic E-state index is 12.0. The molecule has 0 aromatic rings. The average molecular weight is 258 g/mol. The zero-order chi connectivity index (χ0) is 14.0. The van der Waals surface area contributed by atoms with E-state index in [1.807, 2.05) is 6.92 Å². The number of carbonyl (C=O) groups excluding carboxylic acids is 1. The topological polar surface area (TPSA) is 102 Å². The van der Waals surface area contributed by atoms with Crippen LogP contribution in [0, 0.1) is 5.41 Å². The van der Waals surface area contributed by atoms with Gasteiger partial charge in [0.2, 0.25) is 5.91 Å². The standard InChI is InChI=1S/C12H22N2O4/c1-4-5-12(3,13)9(15)14-8-6-18-7-11(8,2)10(16)17/h8H,4-7,13H2,1-3H3,(H,14,15)(H,16,17). The Hall–Kier alpha value is -1.14. The Kier molecular flexibility index (Phi) is 4.34. The first kappa shape index (κ1) is 14.9. The molecule has 0 aromatic carbocycles. The van der Waals surface area contributed by atoms with Crippen molar-refractivity contribution in [1.29, 1.82) is 0 Å². The molecule has 6 heteroatoms. The Morgan fingerprint density at radius 2 is 2.22 bits per heavy atom. The van der Waals surface area contributed by atoms with Crippen LogP contribution in [0.1, 0.15) is 33.6 Å². The smallest absolute Gasteiger partial charge is 0.313 e. The monoisotopic (exact) mass is 258 g/mol. The Morgan fingerprint density at radius 3 is 2.72 bits per heavy atom. The molecule has 0 saturated carbocycles. The van der Waals surface area contributed by atoms with E-state index in [9.17, 15) is 14.7 Å². The minimum Gasteiger partial charge on any atom is -0.481 e. The summed E-state index contributed by atoms with van der Waals surface area (Å²) >= 11 is 0. The maximum Gasteiger partial charge on any atom is 0.313 e. The van der Waals surface area contributed by atoms with E-state index in [4.69, 9.17) is 10.5 Å². The molecule has 104 valence electrons. The lowest BCUT2D eigenvalue weighted by atomic mass is 9.84. The van der Waals surface area contributed by atoms with Gasteiger partial charge in [0.1, 0.15) is 5.41 Å². The second kappa shape index (κ2) is 5.24. The lowest BCUT2D eigenvalue weighted by Crippen LogP contribution is -2.58. The van der Waals surface area contributed by atoms with Gasteiger partial charge in [0.15, 0.2) is 0 Å². The molecule has 1 aliphatic heterocycles. The summed E-state index contributed by atoms with van der Waals surface area (Å²) in [5, 5.41) is 11.9. The van der Waals surface area contributed by atoms with Gasteiger partial charge in [0.05, 0.1) is 24.8 Å². The summed E-state index contributed by atoms with van der Waals surface area (Å²) in [6, 6.07) is -0.540. The third-order valence-electron chi connectivity index (χ3n) is 3.54. The van der Waals surface area contributed by atoms with Gasteiger partial charge in [-0.2, -0.15) is 0 Å². The first-order chi connectivity index (χ1) is 8.24. The van der Waals surface area contributed by atoms with E-state index in [-0.39, 0.29) is 19.1 Å². The molecule has 1 aliphatic rings. The molecule has 1 heterocycles. The van der Waals surface area contributed by atoms with Gasteiger partial charge in [-0.1, -0.05) is 13.3 Å². The van der Waals surface area contributed by atoms with Crippen LogP contribution >= 0.6 is 0 Å². The van der Waals surface area contributed by atoms with Crippen LogP contribution in [0.3, 0.4) is 0 Å². The van der Waals surface area contributed by atoms with Gasteiger partial charge in [-0.15, -0.1) is 0 Å². The van der Waals surface area contributed by atoms with Crippen LogP contribution in [0.2, 0.25) is 0 Å². The molecule has 4 N–H and O–H groups in total. The predicted molar refractivity (Wildman–Crippen MR) is 66.0 cm³/mol. The largest absolute Gasteiger partial charge is 0.481 e. The van der Waals surface area contributed by atoms with Crippen molar-refractivity contribution in [2.45, 2.75) is 45.2 Å². The fourth-order valence-electron chi connectivity index (χ4n) is 2.04. The number of hydrogen-bond acceptors (Lipinski definition) is 4. The highest BCUT2D eigenvalue weighted by atomic mass is 16.5. The van der Waals surface area contributed by atoms with E-state index in [0.717, 1.165) is 6.42 Å². The van der Waals surface area contributed by atoms with Crippen molar-refractivity contribution in [3.8, 4) is 0 Å². The van der Waals surface area contributed by atoms with Gasteiger partial charge < -0.3 is 20.9 Å². The summed E-state index contributed by atoms with van der Waals surface area (Å²) in [6.07, 6.45) is 1.34. The molecule has 3 atom stereocenters. The van der Waals surface area contributed by atoms with Crippen LogP contribution in [0.5, 0.6) is 0 Å². The van der Waals surface area contributed by atoms with Gasteiger partial charge >= 0.3 is 5.97 Å². The van der Waals surface area contributed by atoms with Crippen LogP contribution in [-0.2, 0) is 14.3 Å². The van der Waals surface area contributed by atoms with Crippen LogP contribution in [0.4, 0.5) is 0 Å². The van der Waals surface area contributed by atoms with Gasteiger partial charge in [-0.05, 0) is 20.3 Å². The molecule has 0 bridgehead atoms. The SMILES string of the molecule is CCCC(C)(N)C(=O)NC1COCC1(C)C(=O)O. The van der Waals surface area contributed by atoms with E-state index in [1.54, 1.807) is 13.8 Å². The highest BCUT2D eigenvalue weighted by Gasteiger charge is 2.48. The first-order valence-corrected chi connectivity index (χ1v) is 6.15. The number of hydrogen-bond donors (Lipinski definition) is 3. The number of nitrogens with two attached hydrogens (primary N) is 1. The van der Waals surface area contributed by atoms with Gasteiger partial charge in [0.25, 0.3) is 0 Å². The molecular formula is C12H22N2O4. The third-order valence-corrected chi connectivity index (χ3v) is 3.54. The number of carboxylic acid groups (broad SMARTS) is 1. The molecule has 0 aliphatic carbocycles. The quantitative estimate of drug-likeness (QED) is 0.649. The number of aliphatic carboxylic acids is 1. The molecular weight excluding hydrogens is 236 g/mol.